The van der Waals surface area contributed by atoms with E-state index < -0.39 is 0 Å². The number of nitrogens with zero attached hydrogens (tertiary/aromatic N) is 2. The SMILES string of the molecule is CNC(C)(C)c1cncn1CC1CCOC1C. The summed E-state index contributed by atoms with van der Waals surface area (Å²) in [5, 5.41) is 3.33. The Balaban J connectivity index is 2.14. The van der Waals surface area contributed by atoms with E-state index in [0.29, 0.717) is 12.0 Å². The van der Waals surface area contributed by atoms with Crippen LogP contribution in [0, 0.1) is 5.92 Å². The van der Waals surface area contributed by atoms with Gasteiger partial charge in [0.25, 0.3) is 0 Å². The lowest BCUT2D eigenvalue weighted by molar-refractivity contribution is 0.101. The maximum atomic E-state index is 5.62. The summed E-state index contributed by atoms with van der Waals surface area (Å²) >= 11 is 0. The van der Waals surface area contributed by atoms with E-state index in [9.17, 15) is 0 Å². The van der Waals surface area contributed by atoms with Crippen molar-refractivity contribution in [2.24, 2.45) is 5.92 Å². The number of nitrogens with one attached hydrogen (secondary N) is 1. The van der Waals surface area contributed by atoms with Gasteiger partial charge in [-0.25, -0.2) is 4.98 Å². The smallest absolute Gasteiger partial charge is 0.0948 e. The second-order valence-corrected chi connectivity index (χ2v) is 5.43. The van der Waals surface area contributed by atoms with Gasteiger partial charge in [-0.3, -0.25) is 0 Å². The van der Waals surface area contributed by atoms with Gasteiger partial charge in [-0.2, -0.15) is 0 Å². The molecule has 0 spiro atoms. The molecule has 1 fully saturated rings. The summed E-state index contributed by atoms with van der Waals surface area (Å²) in [6.07, 6.45) is 5.40. The first kappa shape index (κ1) is 12.6. The Labute approximate surface area is 103 Å². The van der Waals surface area contributed by atoms with Crippen LogP contribution in [0.3, 0.4) is 0 Å². The summed E-state index contributed by atoms with van der Waals surface area (Å²) in [6, 6.07) is 0. The van der Waals surface area contributed by atoms with Crippen molar-refractivity contribution in [3.05, 3.63) is 18.2 Å². The highest BCUT2D eigenvalue weighted by molar-refractivity contribution is 5.11. The molecule has 0 aromatic carbocycles. The number of imidazole rings is 1. The number of hydrogen-bond donors (Lipinski definition) is 1. The molecular weight excluding hydrogens is 214 g/mol. The molecule has 0 bridgehead atoms. The van der Waals surface area contributed by atoms with Crippen LogP contribution in [0.15, 0.2) is 12.5 Å². The van der Waals surface area contributed by atoms with Crippen molar-refractivity contribution in [3.8, 4) is 0 Å². The first-order chi connectivity index (χ1) is 8.04. The lowest BCUT2D eigenvalue weighted by Crippen LogP contribution is -2.36. The van der Waals surface area contributed by atoms with Crippen molar-refractivity contribution in [2.45, 2.75) is 45.4 Å². The molecule has 96 valence electrons. The number of rotatable bonds is 4. The minimum Gasteiger partial charge on any atom is -0.378 e. The first-order valence-electron chi connectivity index (χ1n) is 6.35. The summed E-state index contributed by atoms with van der Waals surface area (Å²) in [5.41, 5.74) is 1.19. The standard InChI is InChI=1S/C13H23N3O/c1-10-11(5-6-17-10)8-16-9-15-7-12(16)13(2,3)14-4/h7,9-11,14H,5-6,8H2,1-4H3. The van der Waals surface area contributed by atoms with Crippen LogP contribution >= 0.6 is 0 Å². The van der Waals surface area contributed by atoms with Crippen LogP contribution in [0.2, 0.25) is 0 Å². The maximum absolute atomic E-state index is 5.62. The summed E-state index contributed by atoms with van der Waals surface area (Å²) in [5.74, 6) is 0.607. The second kappa shape index (κ2) is 4.78. The van der Waals surface area contributed by atoms with Crippen molar-refractivity contribution in [2.75, 3.05) is 13.7 Å². The first-order valence-corrected chi connectivity index (χ1v) is 6.35. The number of ether oxygens (including phenoxy) is 1. The molecule has 2 atom stereocenters. The van der Waals surface area contributed by atoms with Crippen LogP contribution in [-0.4, -0.2) is 29.3 Å². The Morgan fingerprint density at radius 3 is 2.94 bits per heavy atom. The van der Waals surface area contributed by atoms with Gasteiger partial charge < -0.3 is 14.6 Å². The predicted molar refractivity (Wildman–Crippen MR) is 67.8 cm³/mol. The molecular formula is C13H23N3O. The van der Waals surface area contributed by atoms with Gasteiger partial charge in [0.1, 0.15) is 0 Å². The van der Waals surface area contributed by atoms with Gasteiger partial charge >= 0.3 is 0 Å². The van der Waals surface area contributed by atoms with Gasteiger partial charge in [0, 0.05) is 25.3 Å². The van der Waals surface area contributed by atoms with Crippen molar-refractivity contribution in [1.29, 1.82) is 0 Å². The molecule has 2 unspecified atom stereocenters. The summed E-state index contributed by atoms with van der Waals surface area (Å²) in [7, 11) is 1.98. The molecule has 1 aromatic rings. The van der Waals surface area contributed by atoms with Crippen molar-refractivity contribution >= 4 is 0 Å². The molecule has 0 radical (unpaired) electrons. The highest BCUT2D eigenvalue weighted by atomic mass is 16.5. The van der Waals surface area contributed by atoms with Crippen LogP contribution < -0.4 is 5.32 Å². The topological polar surface area (TPSA) is 39.1 Å². The predicted octanol–water partition coefficient (Wildman–Crippen LogP) is 1.76. The van der Waals surface area contributed by atoms with E-state index in [0.717, 1.165) is 19.6 Å². The quantitative estimate of drug-likeness (QED) is 0.867. The fraction of sp³-hybridized carbons (Fsp3) is 0.769. The lowest BCUT2D eigenvalue weighted by atomic mass is 9.99. The molecule has 1 aliphatic heterocycles. The van der Waals surface area contributed by atoms with E-state index in [1.54, 1.807) is 0 Å². The molecule has 1 N–H and O–H groups in total. The zero-order valence-corrected chi connectivity index (χ0v) is 11.2. The molecule has 17 heavy (non-hydrogen) atoms. The van der Waals surface area contributed by atoms with E-state index in [2.05, 4.69) is 35.6 Å². The Bertz CT molecular complexity index is 372. The third-order valence-electron chi connectivity index (χ3n) is 3.94. The Kier molecular flexibility index (Phi) is 3.54. The molecule has 0 saturated carbocycles. The molecule has 2 heterocycles. The highest BCUT2D eigenvalue weighted by Gasteiger charge is 2.28. The van der Waals surface area contributed by atoms with Crippen LogP contribution in [0.5, 0.6) is 0 Å². The van der Waals surface area contributed by atoms with Gasteiger partial charge in [0.15, 0.2) is 0 Å². The highest BCUT2D eigenvalue weighted by Crippen LogP contribution is 2.25. The largest absolute Gasteiger partial charge is 0.378 e. The van der Waals surface area contributed by atoms with E-state index >= 15 is 0 Å². The number of hydrogen-bond acceptors (Lipinski definition) is 3. The van der Waals surface area contributed by atoms with E-state index in [1.165, 1.54) is 5.69 Å². The Morgan fingerprint density at radius 2 is 2.35 bits per heavy atom. The fourth-order valence-electron chi connectivity index (χ4n) is 2.38. The molecule has 0 aliphatic carbocycles. The zero-order valence-electron chi connectivity index (χ0n) is 11.2. The van der Waals surface area contributed by atoms with Crippen molar-refractivity contribution in [3.63, 3.8) is 0 Å². The molecule has 1 aliphatic rings. The monoisotopic (exact) mass is 237 g/mol. The normalized spacial score (nSPS) is 25.4. The van der Waals surface area contributed by atoms with Gasteiger partial charge in [-0.1, -0.05) is 0 Å². The Hall–Kier alpha value is -0.870. The zero-order chi connectivity index (χ0) is 12.5. The third kappa shape index (κ3) is 2.53. The van der Waals surface area contributed by atoms with Gasteiger partial charge in [0.05, 0.1) is 23.7 Å². The molecule has 1 saturated heterocycles. The fourth-order valence-corrected chi connectivity index (χ4v) is 2.38. The molecule has 4 heteroatoms. The van der Waals surface area contributed by atoms with Crippen LogP contribution in [0.25, 0.3) is 0 Å². The summed E-state index contributed by atoms with van der Waals surface area (Å²) < 4.78 is 7.87. The van der Waals surface area contributed by atoms with Crippen molar-refractivity contribution in [1.82, 2.24) is 14.9 Å². The molecule has 4 nitrogen and oxygen atoms in total. The number of aromatic nitrogens is 2. The lowest BCUT2D eigenvalue weighted by Gasteiger charge is -2.27. The second-order valence-electron chi connectivity index (χ2n) is 5.43. The van der Waals surface area contributed by atoms with Crippen molar-refractivity contribution < 1.29 is 4.74 Å². The minimum atomic E-state index is -0.0425. The van der Waals surface area contributed by atoms with Gasteiger partial charge in [-0.05, 0) is 34.2 Å². The Morgan fingerprint density at radius 1 is 1.59 bits per heavy atom. The average molecular weight is 237 g/mol. The van der Waals surface area contributed by atoms with Crippen LogP contribution in [0.4, 0.5) is 0 Å². The maximum Gasteiger partial charge on any atom is 0.0948 e. The molecule has 0 amide bonds. The van der Waals surface area contributed by atoms with E-state index in [4.69, 9.17) is 4.74 Å². The summed E-state index contributed by atoms with van der Waals surface area (Å²) in [4.78, 5) is 4.29. The van der Waals surface area contributed by atoms with Gasteiger partial charge in [0.2, 0.25) is 0 Å². The van der Waals surface area contributed by atoms with E-state index in [-0.39, 0.29) is 5.54 Å². The van der Waals surface area contributed by atoms with Crippen LogP contribution in [0.1, 0.15) is 32.9 Å². The molecule has 1 aromatic heterocycles. The third-order valence-corrected chi connectivity index (χ3v) is 3.94. The average Bonchev–Trinajstić information content (AvgIpc) is 2.90. The summed E-state index contributed by atoms with van der Waals surface area (Å²) in [6.45, 7) is 8.41. The van der Waals surface area contributed by atoms with Gasteiger partial charge in [-0.15, -0.1) is 0 Å². The van der Waals surface area contributed by atoms with E-state index in [1.807, 2.05) is 19.6 Å². The van der Waals surface area contributed by atoms with Crippen LogP contribution in [-0.2, 0) is 16.8 Å². The molecule has 2 rings (SSSR count). The minimum absolute atomic E-state index is 0.0425.